The number of hydrogen-bond acceptors (Lipinski definition) is 6. The van der Waals surface area contributed by atoms with Gasteiger partial charge in [-0.25, -0.2) is 4.79 Å². The molecule has 0 aliphatic carbocycles. The van der Waals surface area contributed by atoms with Gasteiger partial charge in [-0.2, -0.15) is 0 Å². The number of carbonyl (C=O) groups is 2. The minimum absolute atomic E-state index is 0.285. The number of ether oxygens (including phenoxy) is 2. The Morgan fingerprint density at radius 2 is 1.92 bits per heavy atom. The predicted molar refractivity (Wildman–Crippen MR) is 91.0 cm³/mol. The minimum atomic E-state index is -1.05. The Balaban J connectivity index is 2.00. The van der Waals surface area contributed by atoms with E-state index in [1.54, 1.807) is 30.3 Å². The Hall–Kier alpha value is -2.61. The number of amides is 1. The summed E-state index contributed by atoms with van der Waals surface area (Å²) in [6, 6.07) is 7.27. The van der Waals surface area contributed by atoms with Crippen molar-refractivity contribution >= 4 is 23.6 Å². The third-order valence-corrected chi connectivity index (χ3v) is 5.19. The topological polar surface area (TPSA) is 89.2 Å². The Labute approximate surface area is 148 Å². The van der Waals surface area contributed by atoms with Gasteiger partial charge in [0.05, 0.1) is 20.5 Å². The Bertz CT molecular complexity index is 753. The lowest BCUT2D eigenvalue weighted by molar-refractivity contribution is -0.141. The molecule has 2 aromatic rings. The molecule has 1 N–H and O–H groups in total. The van der Waals surface area contributed by atoms with Crippen molar-refractivity contribution in [3.8, 4) is 11.5 Å². The maximum Gasteiger partial charge on any atom is 0.327 e. The summed E-state index contributed by atoms with van der Waals surface area (Å²) in [6.07, 6.45) is 1.50. The van der Waals surface area contributed by atoms with Crippen molar-refractivity contribution in [3.05, 3.63) is 47.9 Å². The van der Waals surface area contributed by atoms with Gasteiger partial charge in [0, 0.05) is 17.4 Å². The lowest BCUT2D eigenvalue weighted by Crippen LogP contribution is -2.42. The number of rotatable bonds is 5. The van der Waals surface area contributed by atoms with E-state index in [-0.39, 0.29) is 5.75 Å². The average Bonchev–Trinajstić information content (AvgIpc) is 3.29. The molecular weight excluding hydrogens is 346 g/mol. The predicted octanol–water partition coefficient (Wildman–Crippen LogP) is 2.64. The number of carboxylic acids is 1. The van der Waals surface area contributed by atoms with Crippen LogP contribution in [0.3, 0.4) is 0 Å². The molecule has 2 unspecified atom stereocenters. The molecule has 2 atom stereocenters. The molecule has 0 saturated carbocycles. The second-order valence-electron chi connectivity index (χ2n) is 5.37. The van der Waals surface area contributed by atoms with Crippen LogP contribution in [0, 0.1) is 0 Å². The third kappa shape index (κ3) is 3.30. The van der Waals surface area contributed by atoms with Crippen molar-refractivity contribution in [1.82, 2.24) is 4.90 Å². The van der Waals surface area contributed by atoms with Crippen LogP contribution in [0.5, 0.6) is 11.5 Å². The zero-order valence-electron chi connectivity index (χ0n) is 13.7. The van der Waals surface area contributed by atoms with Crippen LogP contribution < -0.4 is 9.47 Å². The summed E-state index contributed by atoms with van der Waals surface area (Å²) < 4.78 is 15.8. The maximum absolute atomic E-state index is 13.1. The summed E-state index contributed by atoms with van der Waals surface area (Å²) >= 11 is 1.36. The largest absolute Gasteiger partial charge is 0.497 e. The fourth-order valence-corrected chi connectivity index (χ4v) is 4.05. The van der Waals surface area contributed by atoms with Crippen LogP contribution in [0.2, 0.25) is 0 Å². The number of hydrogen-bond donors (Lipinski definition) is 1. The standard InChI is InChI=1S/C17H17NO6S/c1-22-11-6-10(7-12(8-11)23-2)15(19)18-13(17(20)21)9-25-16(18)14-4-3-5-24-14/h3-8,13,16H,9H2,1-2H3,(H,20,21). The summed E-state index contributed by atoms with van der Waals surface area (Å²) in [6.45, 7) is 0. The van der Waals surface area contributed by atoms with Gasteiger partial charge in [-0.15, -0.1) is 11.8 Å². The van der Waals surface area contributed by atoms with Crippen LogP contribution in [-0.2, 0) is 4.79 Å². The van der Waals surface area contributed by atoms with Crippen LogP contribution in [0.15, 0.2) is 41.0 Å². The molecule has 8 heteroatoms. The van der Waals surface area contributed by atoms with E-state index in [1.165, 1.54) is 37.1 Å². The van der Waals surface area contributed by atoms with E-state index in [9.17, 15) is 14.7 Å². The SMILES string of the molecule is COc1cc(OC)cc(C(=O)N2C(C(=O)O)CSC2c2ccco2)c1. The molecule has 1 fully saturated rings. The molecule has 3 rings (SSSR count). The van der Waals surface area contributed by atoms with Crippen molar-refractivity contribution in [2.75, 3.05) is 20.0 Å². The first-order chi connectivity index (χ1) is 12.0. The van der Waals surface area contributed by atoms with Crippen LogP contribution in [0.1, 0.15) is 21.5 Å². The van der Waals surface area contributed by atoms with E-state index >= 15 is 0 Å². The molecule has 1 aliphatic heterocycles. The molecule has 132 valence electrons. The second-order valence-corrected chi connectivity index (χ2v) is 6.48. The summed E-state index contributed by atoms with van der Waals surface area (Å²) in [5.74, 6) is 0.262. The first-order valence-electron chi connectivity index (χ1n) is 7.48. The fourth-order valence-electron chi connectivity index (χ4n) is 2.68. The first kappa shape index (κ1) is 17.2. The average molecular weight is 363 g/mol. The van der Waals surface area contributed by atoms with Crippen LogP contribution >= 0.6 is 11.8 Å². The number of carbonyl (C=O) groups excluding carboxylic acids is 1. The van der Waals surface area contributed by atoms with E-state index in [1.807, 2.05) is 0 Å². The number of furan rings is 1. The van der Waals surface area contributed by atoms with Gasteiger partial charge in [0.15, 0.2) is 0 Å². The maximum atomic E-state index is 13.1. The van der Waals surface area contributed by atoms with E-state index in [2.05, 4.69) is 0 Å². The zero-order chi connectivity index (χ0) is 18.0. The number of methoxy groups -OCH3 is 2. The molecule has 1 saturated heterocycles. The van der Waals surface area contributed by atoms with Crippen LogP contribution in [0.4, 0.5) is 0 Å². The van der Waals surface area contributed by atoms with Gasteiger partial charge in [0.25, 0.3) is 5.91 Å². The smallest absolute Gasteiger partial charge is 0.327 e. The van der Waals surface area contributed by atoms with E-state index < -0.39 is 23.3 Å². The minimum Gasteiger partial charge on any atom is -0.497 e. The monoisotopic (exact) mass is 363 g/mol. The summed E-state index contributed by atoms with van der Waals surface area (Å²) in [5.41, 5.74) is 0.293. The number of carboxylic acid groups (broad SMARTS) is 1. The number of nitrogens with zero attached hydrogens (tertiary/aromatic N) is 1. The van der Waals surface area contributed by atoms with E-state index in [4.69, 9.17) is 13.9 Å². The molecule has 2 heterocycles. The molecule has 1 aromatic heterocycles. The lowest BCUT2D eigenvalue weighted by Gasteiger charge is -2.26. The van der Waals surface area contributed by atoms with Gasteiger partial charge in [-0.3, -0.25) is 4.79 Å². The number of benzene rings is 1. The molecule has 0 spiro atoms. The van der Waals surface area contributed by atoms with Gasteiger partial charge in [-0.1, -0.05) is 0 Å². The van der Waals surface area contributed by atoms with E-state index in [0.717, 1.165) is 0 Å². The molecule has 25 heavy (non-hydrogen) atoms. The zero-order valence-corrected chi connectivity index (χ0v) is 14.5. The van der Waals surface area contributed by atoms with Crippen molar-refractivity contribution in [2.24, 2.45) is 0 Å². The van der Waals surface area contributed by atoms with Gasteiger partial charge in [0.1, 0.15) is 28.7 Å². The van der Waals surface area contributed by atoms with Crippen molar-refractivity contribution in [1.29, 1.82) is 0 Å². The van der Waals surface area contributed by atoms with Crippen LogP contribution in [-0.4, -0.2) is 47.9 Å². The fraction of sp³-hybridized carbons (Fsp3) is 0.294. The molecule has 1 aliphatic rings. The molecule has 7 nitrogen and oxygen atoms in total. The summed E-state index contributed by atoms with van der Waals surface area (Å²) in [4.78, 5) is 26.1. The highest BCUT2D eigenvalue weighted by molar-refractivity contribution is 7.99. The highest BCUT2D eigenvalue weighted by Gasteiger charge is 2.44. The molecular formula is C17H17NO6S. The first-order valence-corrected chi connectivity index (χ1v) is 8.53. The number of thioether (sulfide) groups is 1. The van der Waals surface area contributed by atoms with Gasteiger partial charge >= 0.3 is 5.97 Å². The quantitative estimate of drug-likeness (QED) is 0.873. The highest BCUT2D eigenvalue weighted by atomic mass is 32.2. The van der Waals surface area contributed by atoms with Crippen molar-refractivity contribution in [3.63, 3.8) is 0 Å². The Morgan fingerprint density at radius 1 is 1.24 bits per heavy atom. The van der Waals surface area contributed by atoms with Crippen molar-refractivity contribution in [2.45, 2.75) is 11.4 Å². The normalized spacial score (nSPS) is 19.7. The van der Waals surface area contributed by atoms with E-state index in [0.29, 0.717) is 22.8 Å². The molecule has 1 amide bonds. The van der Waals surface area contributed by atoms with Gasteiger partial charge in [-0.05, 0) is 24.3 Å². The molecule has 0 bridgehead atoms. The Morgan fingerprint density at radius 3 is 2.44 bits per heavy atom. The second kappa shape index (κ2) is 7.10. The number of aliphatic carboxylic acids is 1. The van der Waals surface area contributed by atoms with Crippen LogP contribution in [0.25, 0.3) is 0 Å². The molecule has 1 aromatic carbocycles. The van der Waals surface area contributed by atoms with Gasteiger partial charge < -0.3 is 23.9 Å². The molecule has 0 radical (unpaired) electrons. The lowest BCUT2D eigenvalue weighted by atomic mass is 10.1. The van der Waals surface area contributed by atoms with Gasteiger partial charge in [0.2, 0.25) is 0 Å². The highest BCUT2D eigenvalue weighted by Crippen LogP contribution is 2.42. The Kier molecular flexibility index (Phi) is 4.89. The summed E-state index contributed by atoms with van der Waals surface area (Å²) in [5, 5.41) is 9.01. The summed E-state index contributed by atoms with van der Waals surface area (Å²) in [7, 11) is 2.97. The van der Waals surface area contributed by atoms with Crippen molar-refractivity contribution < 1.29 is 28.6 Å². The third-order valence-electron chi connectivity index (χ3n) is 3.90.